The first-order chi connectivity index (χ1) is 16.8. The summed E-state index contributed by atoms with van der Waals surface area (Å²) in [4.78, 5) is 2.19. The number of para-hydroxylation sites is 2. The summed E-state index contributed by atoms with van der Waals surface area (Å²) >= 11 is 0. The summed E-state index contributed by atoms with van der Waals surface area (Å²) in [5.41, 5.74) is 2.60. The van der Waals surface area contributed by atoms with E-state index in [0.29, 0.717) is 31.3 Å². The minimum absolute atomic E-state index is 0.0553. The first kappa shape index (κ1) is 26.9. The molecule has 1 N–H and O–H groups in total. The van der Waals surface area contributed by atoms with Crippen LogP contribution in [0, 0.1) is 11.7 Å². The number of ether oxygens (including phenoxy) is 2. The van der Waals surface area contributed by atoms with Gasteiger partial charge in [0.25, 0.3) is 0 Å². The number of benzene rings is 2. The Balaban J connectivity index is 2.00. The Morgan fingerprint density at radius 3 is 2.31 bits per heavy atom. The zero-order valence-corrected chi connectivity index (χ0v) is 21.4. The van der Waals surface area contributed by atoms with Crippen LogP contribution in [0.1, 0.15) is 45.9 Å². The summed E-state index contributed by atoms with van der Waals surface area (Å²) in [5.74, 6) is 0.588. The molecule has 0 unspecified atom stereocenters. The molecule has 190 valence electrons. The van der Waals surface area contributed by atoms with Gasteiger partial charge < -0.3 is 14.6 Å². The Morgan fingerprint density at radius 1 is 1.00 bits per heavy atom. The number of nitrogens with zero attached hydrogens (tertiary/aromatic N) is 3. The van der Waals surface area contributed by atoms with E-state index in [1.807, 2.05) is 51.1 Å². The van der Waals surface area contributed by atoms with Gasteiger partial charge >= 0.3 is 0 Å². The topological polar surface area (TPSA) is 59.8 Å². The maximum atomic E-state index is 14.6. The lowest BCUT2D eigenvalue weighted by Crippen LogP contribution is -2.37. The quantitative estimate of drug-likeness (QED) is 0.342. The summed E-state index contributed by atoms with van der Waals surface area (Å²) in [7, 11) is 0. The van der Waals surface area contributed by atoms with Gasteiger partial charge in [0, 0.05) is 19.6 Å². The van der Waals surface area contributed by atoms with Crippen molar-refractivity contribution < 1.29 is 19.0 Å². The Hall–Kier alpha value is -2.74. The molecule has 0 fully saturated rings. The Bertz CT molecular complexity index is 1050. The number of aliphatic hydroxyl groups is 1. The highest BCUT2D eigenvalue weighted by Crippen LogP contribution is 2.33. The average Bonchev–Trinajstić information content (AvgIpc) is 3.16. The van der Waals surface area contributed by atoms with Crippen LogP contribution in [0.15, 0.2) is 54.6 Å². The van der Waals surface area contributed by atoms with Crippen molar-refractivity contribution in [1.29, 1.82) is 0 Å². The Morgan fingerprint density at radius 2 is 1.69 bits per heavy atom. The highest BCUT2D eigenvalue weighted by molar-refractivity contribution is 5.44. The molecule has 6 nitrogen and oxygen atoms in total. The van der Waals surface area contributed by atoms with Gasteiger partial charge in [-0.25, -0.2) is 9.07 Å². The van der Waals surface area contributed by atoms with Crippen molar-refractivity contribution in [2.45, 2.75) is 59.8 Å². The molecule has 7 heteroatoms. The molecule has 3 rings (SSSR count). The molecule has 0 radical (unpaired) electrons. The second-order valence-electron chi connectivity index (χ2n) is 9.49. The van der Waals surface area contributed by atoms with Crippen molar-refractivity contribution in [3.63, 3.8) is 0 Å². The molecule has 0 saturated carbocycles. The lowest BCUT2D eigenvalue weighted by atomic mass is 10.1. The fraction of sp³-hybridized carbons (Fsp3) is 0.464. The Kier molecular flexibility index (Phi) is 9.83. The van der Waals surface area contributed by atoms with Crippen LogP contribution in [-0.4, -0.2) is 51.7 Å². The van der Waals surface area contributed by atoms with Crippen molar-refractivity contribution in [1.82, 2.24) is 14.7 Å². The predicted octanol–water partition coefficient (Wildman–Crippen LogP) is 5.61. The summed E-state index contributed by atoms with van der Waals surface area (Å²) in [6.07, 6.45) is 0.123. The van der Waals surface area contributed by atoms with Crippen LogP contribution in [0.4, 0.5) is 4.39 Å². The van der Waals surface area contributed by atoms with Crippen LogP contribution in [-0.2, 0) is 17.7 Å². The predicted molar refractivity (Wildman–Crippen MR) is 137 cm³/mol. The molecule has 1 heterocycles. The van der Waals surface area contributed by atoms with Crippen molar-refractivity contribution in [3.8, 4) is 17.3 Å². The highest BCUT2D eigenvalue weighted by Gasteiger charge is 2.25. The average molecular weight is 484 g/mol. The molecule has 0 aliphatic carbocycles. The van der Waals surface area contributed by atoms with E-state index in [-0.39, 0.29) is 18.5 Å². The monoisotopic (exact) mass is 483 g/mol. The molecule has 2 aromatic carbocycles. The van der Waals surface area contributed by atoms with E-state index >= 15 is 0 Å². The molecule has 1 aromatic heterocycles. The summed E-state index contributed by atoms with van der Waals surface area (Å²) in [5, 5.41) is 15.5. The molecule has 0 spiro atoms. The minimum Gasteiger partial charge on any atom is -0.435 e. The van der Waals surface area contributed by atoms with Gasteiger partial charge in [-0.2, -0.15) is 5.10 Å². The molecular formula is C28H38FN3O3. The number of aliphatic hydroxyl groups excluding tert-OH is 1. The van der Waals surface area contributed by atoms with E-state index in [0.717, 1.165) is 23.5 Å². The number of hydrogen-bond donors (Lipinski definition) is 1. The molecule has 0 saturated heterocycles. The fourth-order valence-electron chi connectivity index (χ4n) is 4.00. The maximum Gasteiger partial charge on any atom is 0.227 e. The lowest BCUT2D eigenvalue weighted by molar-refractivity contribution is -0.0109. The Labute approximate surface area is 208 Å². The highest BCUT2D eigenvalue weighted by atomic mass is 19.1. The molecule has 35 heavy (non-hydrogen) atoms. The van der Waals surface area contributed by atoms with Crippen molar-refractivity contribution in [2.24, 2.45) is 5.92 Å². The lowest BCUT2D eigenvalue weighted by Gasteiger charge is -2.27. The molecule has 0 amide bonds. The van der Waals surface area contributed by atoms with E-state index in [1.54, 1.807) is 22.9 Å². The molecule has 1 atom stereocenters. The van der Waals surface area contributed by atoms with Gasteiger partial charge in [-0.3, -0.25) is 4.90 Å². The van der Waals surface area contributed by atoms with Crippen molar-refractivity contribution >= 4 is 0 Å². The zero-order chi connectivity index (χ0) is 25.4. The molecule has 0 aliphatic heterocycles. The minimum atomic E-state index is -0.624. The van der Waals surface area contributed by atoms with Gasteiger partial charge in [-0.15, -0.1) is 0 Å². The van der Waals surface area contributed by atoms with Gasteiger partial charge in [0.15, 0.2) is 11.6 Å². The standard InChI is InChI=1S/C28H38FN3O3/c1-6-26-24(18-31(16-20(2)3)17-23(33)19-34-21(4)5)28(35-27-15-11-10-14-25(27)29)32(30-26)22-12-8-7-9-13-22/h7-15,20-21,23,33H,6,16-19H2,1-5H3/t23-/m1/s1. The van der Waals surface area contributed by atoms with Gasteiger partial charge in [-0.1, -0.05) is 51.1 Å². The maximum absolute atomic E-state index is 14.6. The molecule has 0 aliphatic rings. The van der Waals surface area contributed by atoms with Crippen LogP contribution in [0.2, 0.25) is 0 Å². The van der Waals surface area contributed by atoms with Crippen molar-refractivity contribution in [2.75, 3.05) is 19.7 Å². The second kappa shape index (κ2) is 12.8. The molecule has 3 aromatic rings. The van der Waals surface area contributed by atoms with Crippen molar-refractivity contribution in [3.05, 3.63) is 71.7 Å². The fourth-order valence-corrected chi connectivity index (χ4v) is 4.00. The first-order valence-corrected chi connectivity index (χ1v) is 12.4. The number of aromatic nitrogens is 2. The van der Waals surface area contributed by atoms with Crippen LogP contribution in [0.25, 0.3) is 5.69 Å². The summed E-state index contributed by atoms with van der Waals surface area (Å²) in [6.45, 7) is 12.3. The van der Waals surface area contributed by atoms with Gasteiger partial charge in [-0.05, 0) is 50.5 Å². The zero-order valence-electron chi connectivity index (χ0n) is 21.4. The third-order valence-electron chi connectivity index (χ3n) is 5.49. The van der Waals surface area contributed by atoms with E-state index in [4.69, 9.17) is 14.6 Å². The van der Waals surface area contributed by atoms with Crippen LogP contribution < -0.4 is 4.74 Å². The normalized spacial score (nSPS) is 12.6. The number of aryl methyl sites for hydroxylation is 1. The largest absolute Gasteiger partial charge is 0.435 e. The third-order valence-corrected chi connectivity index (χ3v) is 5.49. The van der Waals surface area contributed by atoms with Crippen LogP contribution in [0.3, 0.4) is 0 Å². The van der Waals surface area contributed by atoms with E-state index in [1.165, 1.54) is 6.07 Å². The second-order valence-corrected chi connectivity index (χ2v) is 9.49. The number of hydrogen-bond acceptors (Lipinski definition) is 5. The summed E-state index contributed by atoms with van der Waals surface area (Å²) in [6, 6.07) is 16.1. The number of rotatable bonds is 13. The van der Waals surface area contributed by atoms with Crippen LogP contribution >= 0.6 is 0 Å². The van der Waals surface area contributed by atoms with E-state index < -0.39 is 11.9 Å². The molecular weight excluding hydrogens is 445 g/mol. The van der Waals surface area contributed by atoms with E-state index in [2.05, 4.69) is 18.7 Å². The molecule has 0 bridgehead atoms. The summed E-state index contributed by atoms with van der Waals surface area (Å²) < 4.78 is 28.1. The van der Waals surface area contributed by atoms with Gasteiger partial charge in [0.1, 0.15) is 0 Å². The van der Waals surface area contributed by atoms with E-state index in [9.17, 15) is 9.50 Å². The van der Waals surface area contributed by atoms with Gasteiger partial charge in [0.2, 0.25) is 5.88 Å². The third kappa shape index (κ3) is 7.62. The van der Waals surface area contributed by atoms with Gasteiger partial charge in [0.05, 0.1) is 35.8 Å². The van der Waals surface area contributed by atoms with Crippen LogP contribution in [0.5, 0.6) is 11.6 Å². The first-order valence-electron chi connectivity index (χ1n) is 12.4. The smallest absolute Gasteiger partial charge is 0.227 e. The SMILES string of the molecule is CCc1nn(-c2ccccc2)c(Oc2ccccc2F)c1CN(CC(C)C)C[C@@H](O)COC(C)C. The number of halogens is 1.